The first-order valence-electron chi connectivity index (χ1n) is 8.41. The van der Waals surface area contributed by atoms with Gasteiger partial charge in [-0.05, 0) is 50.2 Å². The van der Waals surface area contributed by atoms with E-state index in [-0.39, 0.29) is 0 Å². The highest BCUT2D eigenvalue weighted by Gasteiger charge is 2.19. The Labute approximate surface area is 147 Å². The summed E-state index contributed by atoms with van der Waals surface area (Å²) in [4.78, 5) is 4.79. The second-order valence-corrected chi connectivity index (χ2v) is 8.59. The minimum Gasteiger partial charge on any atom is -0.459 e. The number of aromatic nitrogens is 1. The quantitative estimate of drug-likeness (QED) is 0.779. The molecule has 1 N–H and O–H groups in total. The molecule has 1 aliphatic heterocycles. The van der Waals surface area contributed by atoms with E-state index in [0.717, 1.165) is 53.9 Å². The van der Waals surface area contributed by atoms with Crippen LogP contribution in [0.5, 0.6) is 0 Å². The van der Waals surface area contributed by atoms with Gasteiger partial charge < -0.3 is 9.73 Å². The maximum Gasteiger partial charge on any atom is 0.175 e. The van der Waals surface area contributed by atoms with Crippen molar-refractivity contribution >= 4 is 20.8 Å². The molecule has 0 saturated carbocycles. The molecule has 3 heterocycles. The van der Waals surface area contributed by atoms with Gasteiger partial charge in [0.15, 0.2) is 15.4 Å². The van der Waals surface area contributed by atoms with Gasteiger partial charge >= 0.3 is 0 Å². The van der Waals surface area contributed by atoms with E-state index in [9.17, 15) is 8.42 Å². The summed E-state index contributed by atoms with van der Waals surface area (Å²) in [5.41, 5.74) is 2.49. The lowest BCUT2D eigenvalue weighted by Crippen LogP contribution is -2.26. The van der Waals surface area contributed by atoms with Gasteiger partial charge in [0.25, 0.3) is 0 Å². The van der Waals surface area contributed by atoms with Crippen LogP contribution in [0.15, 0.2) is 51.9 Å². The van der Waals surface area contributed by atoms with Crippen molar-refractivity contribution in [2.75, 3.05) is 19.3 Å². The molecule has 3 aromatic rings. The molecule has 1 aliphatic rings. The summed E-state index contributed by atoms with van der Waals surface area (Å²) < 4.78 is 29.1. The van der Waals surface area contributed by atoms with Crippen LogP contribution in [0.1, 0.15) is 24.5 Å². The summed E-state index contributed by atoms with van der Waals surface area (Å²) in [5, 5.41) is 4.40. The van der Waals surface area contributed by atoms with E-state index in [2.05, 4.69) is 16.4 Å². The van der Waals surface area contributed by atoms with E-state index in [1.54, 1.807) is 30.5 Å². The standard InChI is InChI=1S/C19H20N2O3S/c1-25(22,23)16-4-2-13(3-5-16)17-10-15-11-18(24-19(15)12-21-17)14-6-8-20-9-7-14/h2-5,10-12,14,20H,6-9H2,1H3. The van der Waals surface area contributed by atoms with Crippen molar-refractivity contribution < 1.29 is 12.8 Å². The zero-order chi connectivity index (χ0) is 17.4. The van der Waals surface area contributed by atoms with Crippen molar-refractivity contribution in [3.8, 4) is 11.3 Å². The molecule has 1 aromatic carbocycles. The Hall–Kier alpha value is -2.18. The monoisotopic (exact) mass is 356 g/mol. The number of sulfone groups is 1. The molecule has 5 nitrogen and oxygen atoms in total. The highest BCUT2D eigenvalue weighted by atomic mass is 32.2. The Bertz CT molecular complexity index is 1000. The third-order valence-corrected chi connectivity index (χ3v) is 5.87. The highest BCUT2D eigenvalue weighted by Crippen LogP contribution is 2.32. The molecule has 0 spiro atoms. The Kier molecular flexibility index (Phi) is 4.09. The van der Waals surface area contributed by atoms with Crippen LogP contribution in [-0.2, 0) is 9.84 Å². The van der Waals surface area contributed by atoms with Gasteiger partial charge in [0.05, 0.1) is 16.8 Å². The first-order valence-corrected chi connectivity index (χ1v) is 10.3. The maximum atomic E-state index is 11.6. The molecular formula is C19H20N2O3S. The number of pyridine rings is 1. The van der Waals surface area contributed by atoms with Crippen LogP contribution in [0, 0.1) is 0 Å². The molecule has 0 aliphatic carbocycles. The predicted octanol–water partition coefficient (Wildman–Crippen LogP) is 3.37. The fourth-order valence-electron chi connectivity index (χ4n) is 3.30. The van der Waals surface area contributed by atoms with Gasteiger partial charge in [-0.25, -0.2) is 8.42 Å². The Morgan fingerprint density at radius 3 is 2.52 bits per heavy atom. The van der Waals surface area contributed by atoms with Crippen molar-refractivity contribution in [2.45, 2.75) is 23.7 Å². The van der Waals surface area contributed by atoms with Crippen LogP contribution in [0.25, 0.3) is 22.2 Å². The van der Waals surface area contributed by atoms with E-state index in [1.165, 1.54) is 6.26 Å². The van der Waals surface area contributed by atoms with Crippen LogP contribution in [0.3, 0.4) is 0 Å². The molecule has 0 bridgehead atoms. The fourth-order valence-corrected chi connectivity index (χ4v) is 3.94. The smallest absolute Gasteiger partial charge is 0.175 e. The molecule has 4 rings (SSSR count). The van der Waals surface area contributed by atoms with Gasteiger partial charge in [0.2, 0.25) is 0 Å². The number of nitrogens with one attached hydrogen (secondary N) is 1. The SMILES string of the molecule is CS(=O)(=O)c1ccc(-c2cc3cc(C4CCNCC4)oc3cn2)cc1. The van der Waals surface area contributed by atoms with E-state index < -0.39 is 9.84 Å². The second kappa shape index (κ2) is 6.28. The number of hydrogen-bond acceptors (Lipinski definition) is 5. The second-order valence-electron chi connectivity index (χ2n) is 6.58. The lowest BCUT2D eigenvalue weighted by atomic mass is 9.95. The number of benzene rings is 1. The molecule has 6 heteroatoms. The molecule has 1 saturated heterocycles. The van der Waals surface area contributed by atoms with Gasteiger partial charge in [-0.15, -0.1) is 0 Å². The Balaban J connectivity index is 1.66. The molecule has 130 valence electrons. The average molecular weight is 356 g/mol. The van der Waals surface area contributed by atoms with Gasteiger partial charge in [-0.2, -0.15) is 0 Å². The molecule has 0 radical (unpaired) electrons. The number of hydrogen-bond donors (Lipinski definition) is 1. The van der Waals surface area contributed by atoms with Gasteiger partial charge in [-0.3, -0.25) is 4.98 Å². The summed E-state index contributed by atoms with van der Waals surface area (Å²) >= 11 is 0. The van der Waals surface area contributed by atoms with Gasteiger partial charge in [0.1, 0.15) is 5.76 Å². The van der Waals surface area contributed by atoms with Crippen molar-refractivity contribution in [1.82, 2.24) is 10.3 Å². The van der Waals surface area contributed by atoms with Crippen molar-refractivity contribution in [3.63, 3.8) is 0 Å². The summed E-state index contributed by atoms with van der Waals surface area (Å²) in [5.74, 6) is 1.49. The summed E-state index contributed by atoms with van der Waals surface area (Å²) in [6.45, 7) is 2.05. The Morgan fingerprint density at radius 2 is 1.84 bits per heavy atom. The van der Waals surface area contributed by atoms with Crippen LogP contribution in [0.2, 0.25) is 0 Å². The minimum absolute atomic E-state index is 0.314. The first-order chi connectivity index (χ1) is 12.0. The summed E-state index contributed by atoms with van der Waals surface area (Å²) in [7, 11) is -3.19. The number of nitrogens with zero attached hydrogens (tertiary/aromatic N) is 1. The molecule has 1 fully saturated rings. The highest BCUT2D eigenvalue weighted by molar-refractivity contribution is 7.90. The van der Waals surface area contributed by atoms with E-state index in [4.69, 9.17) is 4.42 Å². The molecule has 0 atom stereocenters. The van der Waals surface area contributed by atoms with Gasteiger partial charge in [0, 0.05) is 23.1 Å². The zero-order valence-electron chi connectivity index (χ0n) is 14.0. The lowest BCUT2D eigenvalue weighted by Gasteiger charge is -2.20. The molecule has 2 aromatic heterocycles. The van der Waals surface area contributed by atoms with Crippen LogP contribution >= 0.6 is 0 Å². The van der Waals surface area contributed by atoms with Crippen molar-refractivity contribution in [2.24, 2.45) is 0 Å². The average Bonchev–Trinajstić information content (AvgIpc) is 3.05. The molecule has 0 unspecified atom stereocenters. The summed E-state index contributed by atoms with van der Waals surface area (Å²) in [6, 6.07) is 10.9. The van der Waals surface area contributed by atoms with Gasteiger partial charge in [-0.1, -0.05) is 12.1 Å². The van der Waals surface area contributed by atoms with Crippen molar-refractivity contribution in [3.05, 3.63) is 48.4 Å². The van der Waals surface area contributed by atoms with Crippen LogP contribution in [0.4, 0.5) is 0 Å². The number of rotatable bonds is 3. The first kappa shape index (κ1) is 16.3. The van der Waals surface area contributed by atoms with Crippen molar-refractivity contribution in [1.29, 1.82) is 0 Å². The van der Waals surface area contributed by atoms with E-state index in [1.807, 2.05) is 6.07 Å². The Morgan fingerprint density at radius 1 is 1.12 bits per heavy atom. The molecular weight excluding hydrogens is 336 g/mol. The largest absolute Gasteiger partial charge is 0.459 e. The fraction of sp³-hybridized carbons (Fsp3) is 0.316. The number of furan rings is 1. The summed E-state index contributed by atoms with van der Waals surface area (Å²) in [6.07, 6.45) is 5.14. The molecule has 0 amide bonds. The lowest BCUT2D eigenvalue weighted by molar-refractivity contribution is 0.397. The molecule has 25 heavy (non-hydrogen) atoms. The number of fused-ring (bicyclic) bond motifs is 1. The topological polar surface area (TPSA) is 72.2 Å². The third-order valence-electron chi connectivity index (χ3n) is 4.74. The van der Waals surface area contributed by atoms with Crippen LogP contribution in [-0.4, -0.2) is 32.7 Å². The van der Waals surface area contributed by atoms with E-state index in [0.29, 0.717) is 10.8 Å². The minimum atomic E-state index is -3.19. The third kappa shape index (κ3) is 3.32. The van der Waals surface area contributed by atoms with E-state index >= 15 is 0 Å². The predicted molar refractivity (Wildman–Crippen MR) is 97.4 cm³/mol. The maximum absolute atomic E-state index is 11.6. The van der Waals surface area contributed by atoms with Crippen LogP contribution < -0.4 is 5.32 Å². The normalized spacial score (nSPS) is 16.4. The zero-order valence-corrected chi connectivity index (χ0v) is 14.8. The number of piperidine rings is 1.